The largest absolute Gasteiger partial charge is 0.506 e. The van der Waals surface area contributed by atoms with Gasteiger partial charge in [0.2, 0.25) is 0 Å². The lowest BCUT2D eigenvalue weighted by Gasteiger charge is -2.04. The van der Waals surface area contributed by atoms with E-state index in [-0.39, 0.29) is 5.75 Å². The molecule has 0 aliphatic rings. The Labute approximate surface area is 93.0 Å². The second-order valence-electron chi connectivity index (χ2n) is 3.44. The van der Waals surface area contributed by atoms with E-state index in [4.69, 9.17) is 5.73 Å². The molecule has 0 saturated carbocycles. The van der Waals surface area contributed by atoms with Gasteiger partial charge in [-0.15, -0.1) is 0 Å². The maximum atomic E-state index is 9.54. The predicted molar refractivity (Wildman–Crippen MR) is 65.2 cm³/mol. The molecule has 0 radical (unpaired) electrons. The summed E-state index contributed by atoms with van der Waals surface area (Å²) in [5.74, 6) is 0.153. The first-order chi connectivity index (χ1) is 7.22. The molecule has 0 bridgehead atoms. The lowest BCUT2D eigenvalue weighted by molar-refractivity contribution is 0.478. The van der Waals surface area contributed by atoms with Gasteiger partial charge in [-0.25, -0.2) is 0 Å². The van der Waals surface area contributed by atoms with Gasteiger partial charge in [-0.3, -0.25) is 0 Å². The Morgan fingerprint density at radius 3 is 2.80 bits per heavy atom. The minimum absolute atomic E-state index is 0.153. The lowest BCUT2D eigenvalue weighted by Crippen LogP contribution is -1.87. The van der Waals surface area contributed by atoms with E-state index in [0.29, 0.717) is 5.69 Å². The lowest BCUT2D eigenvalue weighted by atomic mass is 10.0. The summed E-state index contributed by atoms with van der Waals surface area (Å²) in [5.41, 5.74) is 9.52. The number of phenolic OH excluding ortho intramolecular Hbond substituents is 1. The molecule has 0 atom stereocenters. The molecular weight excluding hydrogens is 206 g/mol. The number of aromatic hydroxyl groups is 1. The van der Waals surface area contributed by atoms with Gasteiger partial charge in [-0.05, 0) is 46.0 Å². The number of nitrogens with two attached hydrogens (primary N) is 1. The van der Waals surface area contributed by atoms with Gasteiger partial charge in [0, 0.05) is 0 Å². The number of anilines is 1. The SMILES string of the molecule is CCc1cscc1-c1ccc(N)c(O)c1. The molecule has 15 heavy (non-hydrogen) atoms. The third kappa shape index (κ3) is 1.83. The van der Waals surface area contributed by atoms with Crippen molar-refractivity contribution in [3.8, 4) is 16.9 Å². The minimum Gasteiger partial charge on any atom is -0.506 e. The van der Waals surface area contributed by atoms with Gasteiger partial charge in [0.25, 0.3) is 0 Å². The van der Waals surface area contributed by atoms with E-state index in [1.54, 1.807) is 23.5 Å². The van der Waals surface area contributed by atoms with Crippen LogP contribution in [0, 0.1) is 0 Å². The van der Waals surface area contributed by atoms with Crippen LogP contribution in [0.5, 0.6) is 5.75 Å². The zero-order valence-electron chi connectivity index (χ0n) is 8.53. The Morgan fingerprint density at radius 2 is 2.13 bits per heavy atom. The average Bonchev–Trinajstić information content (AvgIpc) is 2.70. The molecule has 0 aliphatic heterocycles. The van der Waals surface area contributed by atoms with E-state index < -0.39 is 0 Å². The first-order valence-corrected chi connectivity index (χ1v) is 5.80. The van der Waals surface area contributed by atoms with Crippen molar-refractivity contribution in [2.45, 2.75) is 13.3 Å². The topological polar surface area (TPSA) is 46.2 Å². The highest BCUT2D eigenvalue weighted by Crippen LogP contribution is 2.32. The van der Waals surface area contributed by atoms with E-state index in [2.05, 4.69) is 17.7 Å². The predicted octanol–water partition coefficient (Wildman–Crippen LogP) is 3.27. The van der Waals surface area contributed by atoms with Crippen LogP contribution in [0.1, 0.15) is 12.5 Å². The van der Waals surface area contributed by atoms with Gasteiger partial charge < -0.3 is 10.8 Å². The molecule has 0 saturated heterocycles. The van der Waals surface area contributed by atoms with Gasteiger partial charge in [0.1, 0.15) is 5.75 Å². The van der Waals surface area contributed by atoms with Crippen LogP contribution in [0.25, 0.3) is 11.1 Å². The molecule has 0 unspecified atom stereocenters. The first-order valence-electron chi connectivity index (χ1n) is 4.86. The Balaban J connectivity index is 2.50. The summed E-state index contributed by atoms with van der Waals surface area (Å²) in [6, 6.07) is 5.40. The number of benzene rings is 1. The summed E-state index contributed by atoms with van der Waals surface area (Å²) in [6.45, 7) is 2.13. The average molecular weight is 219 g/mol. The van der Waals surface area contributed by atoms with Crippen LogP contribution in [0.2, 0.25) is 0 Å². The molecule has 0 spiro atoms. The highest BCUT2D eigenvalue weighted by molar-refractivity contribution is 7.08. The number of rotatable bonds is 2. The Kier molecular flexibility index (Phi) is 2.64. The number of nitrogen functional groups attached to an aromatic ring is 1. The third-order valence-electron chi connectivity index (χ3n) is 2.46. The fourth-order valence-corrected chi connectivity index (χ4v) is 2.51. The number of hydrogen-bond donors (Lipinski definition) is 2. The molecule has 3 heteroatoms. The van der Waals surface area contributed by atoms with E-state index >= 15 is 0 Å². The number of phenols is 1. The standard InChI is InChI=1S/C12H13NOS/c1-2-8-6-15-7-10(8)9-3-4-11(13)12(14)5-9/h3-7,14H,2,13H2,1H3. The molecule has 2 rings (SSSR count). The maximum Gasteiger partial charge on any atom is 0.139 e. The molecule has 78 valence electrons. The second-order valence-corrected chi connectivity index (χ2v) is 4.18. The number of aryl methyl sites for hydroxylation is 1. The van der Waals surface area contributed by atoms with Crippen molar-refractivity contribution in [2.24, 2.45) is 0 Å². The summed E-state index contributed by atoms with van der Waals surface area (Å²) in [6.07, 6.45) is 1.00. The summed E-state index contributed by atoms with van der Waals surface area (Å²) >= 11 is 1.68. The smallest absolute Gasteiger partial charge is 0.139 e. The van der Waals surface area contributed by atoms with Crippen molar-refractivity contribution in [3.05, 3.63) is 34.5 Å². The molecule has 1 aromatic carbocycles. The number of hydrogen-bond acceptors (Lipinski definition) is 3. The van der Waals surface area contributed by atoms with Crippen molar-refractivity contribution < 1.29 is 5.11 Å². The molecule has 1 heterocycles. The Bertz CT molecular complexity index is 476. The highest BCUT2D eigenvalue weighted by atomic mass is 32.1. The van der Waals surface area contributed by atoms with Crippen molar-refractivity contribution in [1.29, 1.82) is 0 Å². The van der Waals surface area contributed by atoms with Crippen molar-refractivity contribution in [2.75, 3.05) is 5.73 Å². The summed E-state index contributed by atoms with van der Waals surface area (Å²) in [7, 11) is 0. The van der Waals surface area contributed by atoms with Crippen molar-refractivity contribution in [3.63, 3.8) is 0 Å². The molecule has 0 fully saturated rings. The zero-order chi connectivity index (χ0) is 10.8. The summed E-state index contributed by atoms with van der Waals surface area (Å²) in [5, 5.41) is 13.8. The van der Waals surface area contributed by atoms with Crippen LogP contribution < -0.4 is 5.73 Å². The summed E-state index contributed by atoms with van der Waals surface area (Å²) in [4.78, 5) is 0. The molecule has 2 nitrogen and oxygen atoms in total. The molecular formula is C12H13NOS. The van der Waals surface area contributed by atoms with Gasteiger partial charge in [-0.1, -0.05) is 13.0 Å². The van der Waals surface area contributed by atoms with Crippen LogP contribution >= 0.6 is 11.3 Å². The Morgan fingerprint density at radius 1 is 1.33 bits per heavy atom. The normalized spacial score (nSPS) is 10.5. The van der Waals surface area contributed by atoms with E-state index in [1.165, 1.54) is 11.1 Å². The second kappa shape index (κ2) is 3.95. The van der Waals surface area contributed by atoms with Gasteiger partial charge in [0.05, 0.1) is 5.69 Å². The minimum atomic E-state index is 0.153. The number of thiophene rings is 1. The molecule has 0 amide bonds. The highest BCUT2D eigenvalue weighted by Gasteiger charge is 2.06. The monoisotopic (exact) mass is 219 g/mol. The first kappa shape index (κ1) is 10.1. The van der Waals surface area contributed by atoms with E-state index in [9.17, 15) is 5.11 Å². The third-order valence-corrected chi connectivity index (χ3v) is 3.26. The van der Waals surface area contributed by atoms with Crippen molar-refractivity contribution >= 4 is 17.0 Å². The van der Waals surface area contributed by atoms with Crippen LogP contribution in [0.4, 0.5) is 5.69 Å². The van der Waals surface area contributed by atoms with Crippen LogP contribution in [0.15, 0.2) is 29.0 Å². The molecule has 1 aromatic heterocycles. The molecule has 3 N–H and O–H groups in total. The van der Waals surface area contributed by atoms with Crippen LogP contribution in [0.3, 0.4) is 0 Å². The quantitative estimate of drug-likeness (QED) is 0.601. The van der Waals surface area contributed by atoms with E-state index in [0.717, 1.165) is 12.0 Å². The van der Waals surface area contributed by atoms with Crippen LogP contribution in [-0.4, -0.2) is 5.11 Å². The van der Waals surface area contributed by atoms with Crippen molar-refractivity contribution in [1.82, 2.24) is 0 Å². The van der Waals surface area contributed by atoms with Gasteiger partial charge >= 0.3 is 0 Å². The maximum absolute atomic E-state index is 9.54. The van der Waals surface area contributed by atoms with Crippen LogP contribution in [-0.2, 0) is 6.42 Å². The summed E-state index contributed by atoms with van der Waals surface area (Å²) < 4.78 is 0. The Hall–Kier alpha value is -1.48. The fraction of sp³-hybridized carbons (Fsp3) is 0.167. The molecule has 2 aromatic rings. The van der Waals surface area contributed by atoms with Gasteiger partial charge in [-0.2, -0.15) is 11.3 Å². The zero-order valence-corrected chi connectivity index (χ0v) is 9.34. The van der Waals surface area contributed by atoms with Gasteiger partial charge in [0.15, 0.2) is 0 Å². The fourth-order valence-electron chi connectivity index (χ4n) is 1.56. The van der Waals surface area contributed by atoms with E-state index in [1.807, 2.05) is 6.07 Å². The molecule has 0 aliphatic carbocycles.